The lowest BCUT2D eigenvalue weighted by Gasteiger charge is -2.57. The summed E-state index contributed by atoms with van der Waals surface area (Å²) >= 11 is 0. The maximum absolute atomic E-state index is 13.4. The van der Waals surface area contributed by atoms with Crippen LogP contribution >= 0.6 is 0 Å². The fourth-order valence-electron chi connectivity index (χ4n) is 7.70. The fourth-order valence-corrected chi connectivity index (χ4v) is 7.70. The Hall–Kier alpha value is -4.21. The Morgan fingerprint density at radius 3 is 2.16 bits per heavy atom. The molecule has 10 heteroatoms. The largest absolute Gasteiger partial charge is 0.454 e. The number of nitrogens with zero attached hydrogens (tertiary/aromatic N) is 2. The second-order valence-corrected chi connectivity index (χ2v) is 11.2. The summed E-state index contributed by atoms with van der Waals surface area (Å²) in [5.74, 6) is 1.05. The number of nitro groups is 1. The summed E-state index contributed by atoms with van der Waals surface area (Å²) in [6.45, 7) is -0.0898. The van der Waals surface area contributed by atoms with Crippen molar-refractivity contribution >= 4 is 35.3 Å². The van der Waals surface area contributed by atoms with Gasteiger partial charge in [0.25, 0.3) is 17.5 Å². The number of anilines is 1. The number of benzene rings is 2. The molecule has 194 valence electrons. The van der Waals surface area contributed by atoms with E-state index in [1.807, 2.05) is 12.1 Å². The number of amides is 4. The van der Waals surface area contributed by atoms with E-state index in [2.05, 4.69) is 5.32 Å². The van der Waals surface area contributed by atoms with Crippen LogP contribution in [0.3, 0.4) is 0 Å². The van der Waals surface area contributed by atoms with Gasteiger partial charge in [-0.15, -0.1) is 0 Å². The first kappa shape index (κ1) is 22.9. The Kier molecular flexibility index (Phi) is 4.92. The number of imide groups is 2. The summed E-state index contributed by atoms with van der Waals surface area (Å²) in [6, 6.07) is 9.18. The van der Waals surface area contributed by atoms with Crippen LogP contribution in [0.4, 0.5) is 16.2 Å². The molecule has 0 aromatic heterocycles. The molecule has 38 heavy (non-hydrogen) atoms. The smallest absolute Gasteiger partial charge is 0.335 e. The van der Waals surface area contributed by atoms with Gasteiger partial charge in [-0.2, -0.15) is 0 Å². The van der Waals surface area contributed by atoms with Gasteiger partial charge in [-0.05, 0) is 91.5 Å². The molecule has 0 unspecified atom stereocenters. The highest BCUT2D eigenvalue weighted by Gasteiger charge is 2.51. The zero-order chi connectivity index (χ0) is 26.2. The van der Waals surface area contributed by atoms with Gasteiger partial charge in [0, 0.05) is 0 Å². The van der Waals surface area contributed by atoms with Crippen LogP contribution in [0, 0.1) is 27.9 Å². The average Bonchev–Trinajstić information content (AvgIpc) is 3.33. The quantitative estimate of drug-likeness (QED) is 0.276. The number of rotatable bonds is 4. The number of ether oxygens (including phenoxy) is 2. The van der Waals surface area contributed by atoms with Crippen LogP contribution in [0.1, 0.15) is 49.7 Å². The lowest BCUT2D eigenvalue weighted by molar-refractivity contribution is -0.385. The molecule has 0 atom stereocenters. The van der Waals surface area contributed by atoms with Crippen LogP contribution in [-0.2, 0) is 15.0 Å². The Bertz CT molecular complexity index is 1410. The molecule has 2 heterocycles. The van der Waals surface area contributed by atoms with Gasteiger partial charge in [-0.1, -0.05) is 12.1 Å². The fraction of sp³-hybridized carbons (Fsp3) is 0.393. The summed E-state index contributed by atoms with van der Waals surface area (Å²) in [7, 11) is 0. The third-order valence-electron chi connectivity index (χ3n) is 8.90. The maximum Gasteiger partial charge on any atom is 0.335 e. The standard InChI is InChI=1S/C28H25N3O7/c32-25-21(8-18-9-23-24(38-14-37-23)10-22(18)31(35)36)26(33)30(27(34)29-25)20-3-1-19(2-4-20)28-11-15-5-16(12-28)7-17(6-15)13-28/h1-4,8-10,15-17H,5-7,11-14H2,(H,29,32,34)/b21-8-. The van der Waals surface area contributed by atoms with E-state index >= 15 is 0 Å². The summed E-state index contributed by atoms with van der Waals surface area (Å²) in [5, 5.41) is 13.8. The van der Waals surface area contributed by atoms with Crippen molar-refractivity contribution in [1.82, 2.24) is 5.32 Å². The first-order chi connectivity index (χ1) is 18.3. The summed E-state index contributed by atoms with van der Waals surface area (Å²) in [5.41, 5.74) is 0.986. The van der Waals surface area contributed by atoms with Crippen LogP contribution in [0.25, 0.3) is 6.08 Å². The van der Waals surface area contributed by atoms with Crippen molar-refractivity contribution in [2.24, 2.45) is 17.8 Å². The topological polar surface area (TPSA) is 128 Å². The predicted molar refractivity (Wildman–Crippen MR) is 135 cm³/mol. The Balaban J connectivity index is 1.21. The molecule has 2 aromatic carbocycles. The monoisotopic (exact) mass is 515 g/mol. The molecular weight excluding hydrogens is 490 g/mol. The zero-order valence-electron chi connectivity index (χ0n) is 20.5. The average molecular weight is 516 g/mol. The van der Waals surface area contributed by atoms with E-state index in [1.54, 1.807) is 12.1 Å². The van der Waals surface area contributed by atoms with Crippen molar-refractivity contribution < 1.29 is 28.8 Å². The number of hydrogen-bond donors (Lipinski definition) is 1. The van der Waals surface area contributed by atoms with E-state index in [9.17, 15) is 24.5 Å². The number of fused-ring (bicyclic) bond motifs is 1. The molecule has 4 amide bonds. The number of urea groups is 1. The van der Waals surface area contributed by atoms with Crippen LogP contribution in [0.2, 0.25) is 0 Å². The molecule has 6 aliphatic rings. The van der Waals surface area contributed by atoms with Crippen LogP contribution in [0.15, 0.2) is 42.0 Å². The number of barbiturate groups is 1. The maximum atomic E-state index is 13.4. The number of nitro benzene ring substituents is 1. The lowest BCUT2D eigenvalue weighted by Crippen LogP contribution is -2.54. The summed E-state index contributed by atoms with van der Waals surface area (Å²) in [4.78, 5) is 50.7. The highest BCUT2D eigenvalue weighted by atomic mass is 16.7. The number of carbonyl (C=O) groups excluding carboxylic acids is 3. The summed E-state index contributed by atoms with van der Waals surface area (Å²) in [6.07, 6.45) is 8.70. The molecular formula is C28H25N3O7. The van der Waals surface area contributed by atoms with Gasteiger partial charge in [-0.3, -0.25) is 25.0 Å². The third kappa shape index (κ3) is 3.50. The van der Waals surface area contributed by atoms with Gasteiger partial charge < -0.3 is 9.47 Å². The van der Waals surface area contributed by atoms with E-state index in [4.69, 9.17) is 9.47 Å². The molecule has 8 rings (SSSR count). The molecule has 4 bridgehead atoms. The van der Waals surface area contributed by atoms with Crippen molar-refractivity contribution in [3.05, 3.63) is 63.2 Å². The third-order valence-corrected chi connectivity index (χ3v) is 8.90. The van der Waals surface area contributed by atoms with Gasteiger partial charge in [-0.25, -0.2) is 9.69 Å². The predicted octanol–water partition coefficient (Wildman–Crippen LogP) is 4.46. The van der Waals surface area contributed by atoms with Crippen molar-refractivity contribution in [3.8, 4) is 11.5 Å². The zero-order valence-corrected chi connectivity index (χ0v) is 20.5. The molecule has 10 nitrogen and oxygen atoms in total. The van der Waals surface area contributed by atoms with E-state index in [-0.39, 0.29) is 35.0 Å². The van der Waals surface area contributed by atoms with Crippen LogP contribution in [-0.4, -0.2) is 29.6 Å². The Morgan fingerprint density at radius 2 is 1.55 bits per heavy atom. The minimum Gasteiger partial charge on any atom is -0.454 e. The molecule has 2 aliphatic heterocycles. The highest BCUT2D eigenvalue weighted by molar-refractivity contribution is 6.39. The molecule has 4 aliphatic carbocycles. The molecule has 1 saturated heterocycles. The van der Waals surface area contributed by atoms with Crippen molar-refractivity contribution in [2.45, 2.75) is 43.9 Å². The van der Waals surface area contributed by atoms with Gasteiger partial charge in [0.2, 0.25) is 6.79 Å². The molecule has 1 N–H and O–H groups in total. The molecule has 0 spiro atoms. The van der Waals surface area contributed by atoms with Gasteiger partial charge in [0.05, 0.1) is 22.2 Å². The Labute approximate surface area is 217 Å². The van der Waals surface area contributed by atoms with Crippen LogP contribution < -0.4 is 19.7 Å². The normalized spacial score (nSPS) is 30.2. The van der Waals surface area contributed by atoms with E-state index in [0.717, 1.165) is 28.7 Å². The second-order valence-electron chi connectivity index (χ2n) is 11.2. The molecule has 5 fully saturated rings. The number of hydrogen-bond acceptors (Lipinski definition) is 7. The minimum atomic E-state index is -0.923. The molecule has 2 aromatic rings. The first-order valence-corrected chi connectivity index (χ1v) is 12.9. The Morgan fingerprint density at radius 1 is 0.947 bits per heavy atom. The number of carbonyl (C=O) groups is 3. The van der Waals surface area contributed by atoms with Gasteiger partial charge >= 0.3 is 6.03 Å². The van der Waals surface area contributed by atoms with E-state index in [0.29, 0.717) is 5.69 Å². The minimum absolute atomic E-state index is 0.00999. The molecule has 0 radical (unpaired) electrons. The lowest BCUT2D eigenvalue weighted by atomic mass is 9.48. The van der Waals surface area contributed by atoms with E-state index < -0.39 is 28.3 Å². The summed E-state index contributed by atoms with van der Waals surface area (Å²) < 4.78 is 10.5. The van der Waals surface area contributed by atoms with Gasteiger partial charge in [0.1, 0.15) is 5.57 Å². The van der Waals surface area contributed by atoms with Crippen molar-refractivity contribution in [1.29, 1.82) is 0 Å². The van der Waals surface area contributed by atoms with Crippen molar-refractivity contribution in [2.75, 3.05) is 11.7 Å². The van der Waals surface area contributed by atoms with E-state index in [1.165, 1.54) is 56.2 Å². The second kappa shape index (κ2) is 8.14. The van der Waals surface area contributed by atoms with Crippen LogP contribution in [0.5, 0.6) is 11.5 Å². The first-order valence-electron chi connectivity index (χ1n) is 12.9. The highest BCUT2D eigenvalue weighted by Crippen LogP contribution is 2.60. The number of nitrogens with one attached hydrogen (secondary N) is 1. The van der Waals surface area contributed by atoms with Crippen molar-refractivity contribution in [3.63, 3.8) is 0 Å². The molecule has 4 saturated carbocycles. The SMILES string of the molecule is O=C1NC(=O)N(c2ccc(C34CC5CC(CC(C5)C3)C4)cc2)C(=O)/C1=C\c1cc2c(cc1[N+](=O)[O-])OCO2. The van der Waals surface area contributed by atoms with Gasteiger partial charge in [0.15, 0.2) is 11.5 Å².